The van der Waals surface area contributed by atoms with Crippen LogP contribution >= 0.6 is 11.3 Å². The van der Waals surface area contributed by atoms with E-state index in [4.69, 9.17) is 0 Å². The van der Waals surface area contributed by atoms with Crippen molar-refractivity contribution in [3.8, 4) is 0 Å². The van der Waals surface area contributed by atoms with Gasteiger partial charge >= 0.3 is 0 Å². The van der Waals surface area contributed by atoms with Gasteiger partial charge in [-0.05, 0) is 35.9 Å². The second-order valence-electron chi connectivity index (χ2n) is 6.26. The Bertz CT molecular complexity index is 748. The number of amides is 2. The number of hydrogen-bond donors (Lipinski definition) is 1. The summed E-state index contributed by atoms with van der Waals surface area (Å²) in [4.78, 5) is 27.3. The van der Waals surface area contributed by atoms with Gasteiger partial charge in [-0.1, -0.05) is 24.3 Å². The predicted octanol–water partition coefficient (Wildman–Crippen LogP) is 3.16. The summed E-state index contributed by atoms with van der Waals surface area (Å²) in [7, 11) is 1.75. The summed E-state index contributed by atoms with van der Waals surface area (Å²) in [6.07, 6.45) is 1.47. The molecule has 1 N–H and O–H groups in total. The van der Waals surface area contributed by atoms with E-state index in [0.29, 0.717) is 24.9 Å². The Morgan fingerprint density at radius 2 is 2.12 bits per heavy atom. The van der Waals surface area contributed by atoms with Crippen LogP contribution in [0.2, 0.25) is 0 Å². The lowest BCUT2D eigenvalue weighted by molar-refractivity contribution is -0.128. The first kappa shape index (κ1) is 17.6. The number of hydrogen-bond acceptors (Lipinski definition) is 3. The molecule has 1 aromatic carbocycles. The monoisotopic (exact) mass is 360 g/mol. The highest BCUT2D eigenvalue weighted by atomic mass is 32.1. The highest BCUT2D eigenvalue weighted by Gasteiger charge is 2.42. The highest BCUT2D eigenvalue weighted by molar-refractivity contribution is 7.10. The SMILES string of the molecule is CN1C(=O)CC(C(=O)NCCCc2ccccc2F)C1c1cccs1. The average molecular weight is 360 g/mol. The second-order valence-corrected chi connectivity index (χ2v) is 7.24. The van der Waals surface area contributed by atoms with E-state index in [1.54, 1.807) is 35.4 Å². The third-order valence-corrected chi connectivity index (χ3v) is 5.58. The average Bonchev–Trinajstić information content (AvgIpc) is 3.22. The van der Waals surface area contributed by atoms with E-state index in [9.17, 15) is 14.0 Å². The van der Waals surface area contributed by atoms with Crippen molar-refractivity contribution in [3.05, 3.63) is 58.0 Å². The van der Waals surface area contributed by atoms with Gasteiger partial charge in [-0.15, -0.1) is 11.3 Å². The molecular formula is C19H21FN2O2S. The van der Waals surface area contributed by atoms with Gasteiger partial charge in [0.1, 0.15) is 5.82 Å². The fourth-order valence-electron chi connectivity index (χ4n) is 3.28. The van der Waals surface area contributed by atoms with E-state index in [1.807, 2.05) is 23.6 Å². The summed E-state index contributed by atoms with van der Waals surface area (Å²) in [5.74, 6) is -0.700. The summed E-state index contributed by atoms with van der Waals surface area (Å²) in [6.45, 7) is 0.471. The Kier molecular flexibility index (Phi) is 5.48. The molecule has 0 spiro atoms. The largest absolute Gasteiger partial charge is 0.356 e. The molecule has 0 bridgehead atoms. The molecule has 2 aromatic rings. The molecule has 1 aliphatic heterocycles. The van der Waals surface area contributed by atoms with Crippen molar-refractivity contribution >= 4 is 23.2 Å². The van der Waals surface area contributed by atoms with Crippen LogP contribution in [-0.4, -0.2) is 30.3 Å². The van der Waals surface area contributed by atoms with Crippen LogP contribution in [0.5, 0.6) is 0 Å². The molecule has 4 nitrogen and oxygen atoms in total. The molecule has 132 valence electrons. The van der Waals surface area contributed by atoms with Gasteiger partial charge < -0.3 is 10.2 Å². The Morgan fingerprint density at radius 1 is 1.32 bits per heavy atom. The third kappa shape index (κ3) is 3.90. The zero-order chi connectivity index (χ0) is 17.8. The van der Waals surface area contributed by atoms with Gasteiger partial charge in [0.25, 0.3) is 0 Å². The maximum atomic E-state index is 13.6. The van der Waals surface area contributed by atoms with Crippen molar-refractivity contribution in [1.82, 2.24) is 10.2 Å². The maximum absolute atomic E-state index is 13.6. The summed E-state index contributed by atoms with van der Waals surface area (Å²) in [5.41, 5.74) is 0.656. The molecule has 2 unspecified atom stereocenters. The van der Waals surface area contributed by atoms with E-state index in [1.165, 1.54) is 6.07 Å². The Labute approximate surface area is 150 Å². The first-order chi connectivity index (χ1) is 12.1. The Morgan fingerprint density at radius 3 is 2.84 bits per heavy atom. The van der Waals surface area contributed by atoms with Crippen molar-refractivity contribution in [3.63, 3.8) is 0 Å². The van der Waals surface area contributed by atoms with Gasteiger partial charge in [0.05, 0.1) is 12.0 Å². The van der Waals surface area contributed by atoms with Gasteiger partial charge in [-0.2, -0.15) is 0 Å². The maximum Gasteiger partial charge on any atom is 0.226 e. The minimum Gasteiger partial charge on any atom is -0.356 e. The fraction of sp³-hybridized carbons (Fsp3) is 0.368. The molecule has 6 heteroatoms. The van der Waals surface area contributed by atoms with Crippen LogP contribution in [0.1, 0.15) is 29.3 Å². The molecule has 1 aliphatic rings. The molecule has 0 aliphatic carbocycles. The van der Waals surface area contributed by atoms with E-state index in [2.05, 4.69) is 5.32 Å². The number of benzene rings is 1. The first-order valence-corrected chi connectivity index (χ1v) is 9.26. The minimum atomic E-state index is -0.371. The zero-order valence-electron chi connectivity index (χ0n) is 14.1. The Hall–Kier alpha value is -2.21. The number of rotatable bonds is 6. The van der Waals surface area contributed by atoms with E-state index < -0.39 is 0 Å². The lowest BCUT2D eigenvalue weighted by Crippen LogP contribution is -2.34. The molecule has 2 atom stereocenters. The second kappa shape index (κ2) is 7.78. The predicted molar refractivity (Wildman–Crippen MR) is 95.7 cm³/mol. The number of thiophene rings is 1. The van der Waals surface area contributed by atoms with Crippen LogP contribution in [-0.2, 0) is 16.0 Å². The molecule has 0 radical (unpaired) electrons. The van der Waals surface area contributed by atoms with Crippen molar-refractivity contribution in [2.24, 2.45) is 5.92 Å². The number of halogens is 1. The first-order valence-electron chi connectivity index (χ1n) is 8.38. The number of carbonyl (C=O) groups excluding carboxylic acids is 2. The van der Waals surface area contributed by atoms with Crippen LogP contribution in [0, 0.1) is 11.7 Å². The van der Waals surface area contributed by atoms with Crippen molar-refractivity contribution < 1.29 is 14.0 Å². The molecule has 2 heterocycles. The highest BCUT2D eigenvalue weighted by Crippen LogP contribution is 2.39. The number of aryl methyl sites for hydroxylation is 1. The smallest absolute Gasteiger partial charge is 0.226 e. The number of nitrogens with zero attached hydrogens (tertiary/aromatic N) is 1. The van der Waals surface area contributed by atoms with Crippen LogP contribution in [0.3, 0.4) is 0 Å². The van der Waals surface area contributed by atoms with Crippen LogP contribution < -0.4 is 5.32 Å². The van der Waals surface area contributed by atoms with Crippen molar-refractivity contribution in [2.75, 3.05) is 13.6 Å². The topological polar surface area (TPSA) is 49.4 Å². The minimum absolute atomic E-state index is 0.00935. The van der Waals surface area contributed by atoms with Gasteiger partial charge in [-0.3, -0.25) is 9.59 Å². The van der Waals surface area contributed by atoms with Crippen LogP contribution in [0.4, 0.5) is 4.39 Å². The lowest BCUT2D eigenvalue weighted by Gasteiger charge is -2.23. The van der Waals surface area contributed by atoms with Crippen molar-refractivity contribution in [2.45, 2.75) is 25.3 Å². The summed E-state index contributed by atoms with van der Waals surface area (Å²) < 4.78 is 13.6. The van der Waals surface area contributed by atoms with Gasteiger partial charge in [0.15, 0.2) is 0 Å². The summed E-state index contributed by atoms with van der Waals surface area (Å²) >= 11 is 1.56. The van der Waals surface area contributed by atoms with E-state index in [-0.39, 0.29) is 36.0 Å². The molecule has 0 saturated carbocycles. The van der Waals surface area contributed by atoms with Crippen molar-refractivity contribution in [1.29, 1.82) is 0 Å². The molecule has 25 heavy (non-hydrogen) atoms. The molecular weight excluding hydrogens is 339 g/mol. The summed E-state index contributed by atoms with van der Waals surface area (Å²) in [5, 5.41) is 4.87. The van der Waals surface area contributed by atoms with Gasteiger partial charge in [-0.25, -0.2) is 4.39 Å². The lowest BCUT2D eigenvalue weighted by atomic mass is 9.98. The van der Waals surface area contributed by atoms with E-state index in [0.717, 1.165) is 4.88 Å². The molecule has 3 rings (SSSR count). The van der Waals surface area contributed by atoms with Crippen LogP contribution in [0.25, 0.3) is 0 Å². The number of carbonyl (C=O) groups is 2. The van der Waals surface area contributed by atoms with Gasteiger partial charge in [0.2, 0.25) is 11.8 Å². The Balaban J connectivity index is 1.55. The quantitative estimate of drug-likeness (QED) is 0.805. The molecule has 2 amide bonds. The van der Waals surface area contributed by atoms with E-state index >= 15 is 0 Å². The summed E-state index contributed by atoms with van der Waals surface area (Å²) in [6, 6.07) is 10.4. The molecule has 1 saturated heterocycles. The molecule has 1 aromatic heterocycles. The third-order valence-electron chi connectivity index (χ3n) is 4.64. The normalized spacial score (nSPS) is 20.1. The van der Waals surface area contributed by atoms with Gasteiger partial charge in [0, 0.05) is 24.9 Å². The number of likely N-dealkylation sites (tertiary alicyclic amines) is 1. The number of nitrogens with one attached hydrogen (secondary N) is 1. The van der Waals surface area contributed by atoms with Crippen LogP contribution in [0.15, 0.2) is 41.8 Å². The molecule has 1 fully saturated rings. The zero-order valence-corrected chi connectivity index (χ0v) is 14.9. The fourth-order valence-corrected chi connectivity index (χ4v) is 4.21. The standard InChI is InChI=1S/C19H21FN2O2S/c1-22-17(23)12-14(18(22)16-9-5-11-25-16)19(24)21-10-4-7-13-6-2-3-8-15(13)20/h2-3,5-6,8-9,11,14,18H,4,7,10,12H2,1H3,(H,21,24).